The summed E-state index contributed by atoms with van der Waals surface area (Å²) in [6, 6.07) is 23.1. The summed E-state index contributed by atoms with van der Waals surface area (Å²) in [6.45, 7) is 2.11. The first-order valence-electron chi connectivity index (χ1n) is 8.83. The van der Waals surface area contributed by atoms with Gasteiger partial charge in [-0.15, -0.1) is 0 Å². The van der Waals surface area contributed by atoms with Gasteiger partial charge < -0.3 is 0 Å². The fraction of sp³-hybridized carbons (Fsp3) is 0.261. The lowest BCUT2D eigenvalue weighted by molar-refractivity contribution is 0.0969. The van der Waals surface area contributed by atoms with Crippen LogP contribution in [0.2, 0.25) is 0 Å². The van der Waals surface area contributed by atoms with Crippen LogP contribution < -0.4 is 0 Å². The maximum absolute atomic E-state index is 13.0. The summed E-state index contributed by atoms with van der Waals surface area (Å²) in [5.74, 6) is 0.290. The highest BCUT2D eigenvalue weighted by Crippen LogP contribution is 2.53. The van der Waals surface area contributed by atoms with Gasteiger partial charge in [0.1, 0.15) is 0 Å². The van der Waals surface area contributed by atoms with Crippen LogP contribution >= 0.6 is 0 Å². The second-order valence-corrected chi connectivity index (χ2v) is 6.92. The highest BCUT2D eigenvalue weighted by Gasteiger charge is 2.46. The average molecular weight is 316 g/mol. The second-order valence-electron chi connectivity index (χ2n) is 6.92. The molecule has 4 rings (SSSR count). The van der Waals surface area contributed by atoms with Crippen molar-refractivity contribution in [2.75, 3.05) is 0 Å². The van der Waals surface area contributed by atoms with Crippen molar-refractivity contribution in [1.82, 2.24) is 0 Å². The van der Waals surface area contributed by atoms with E-state index in [0.29, 0.717) is 6.42 Å². The lowest BCUT2D eigenvalue weighted by atomic mass is 9.84. The molecule has 0 heterocycles. The third-order valence-electron chi connectivity index (χ3n) is 5.41. The number of aryl methyl sites for hydroxylation is 1. The highest BCUT2D eigenvalue weighted by molar-refractivity contribution is 5.99. The van der Waals surface area contributed by atoms with Gasteiger partial charge in [-0.1, -0.05) is 73.7 Å². The maximum atomic E-state index is 13.0. The summed E-state index contributed by atoms with van der Waals surface area (Å²) in [5, 5.41) is 2.57. The predicted octanol–water partition coefficient (Wildman–Crippen LogP) is 5.95. The molecular formula is C23H24O. The van der Waals surface area contributed by atoms with E-state index in [4.69, 9.17) is 0 Å². The molecule has 1 aliphatic carbocycles. The van der Waals surface area contributed by atoms with Crippen LogP contribution in [0.4, 0.5) is 0 Å². The van der Waals surface area contributed by atoms with Crippen molar-refractivity contribution < 1.29 is 6.22 Å². The number of hydrogen-bond donors (Lipinski definition) is 0. The molecule has 0 bridgehead atoms. The predicted molar refractivity (Wildman–Crippen MR) is 102 cm³/mol. The van der Waals surface area contributed by atoms with Crippen molar-refractivity contribution in [3.05, 3.63) is 83.4 Å². The van der Waals surface area contributed by atoms with Crippen LogP contribution in [0.1, 0.15) is 49.1 Å². The first-order chi connectivity index (χ1) is 11.7. The molecule has 1 heteroatoms. The first-order valence-corrected chi connectivity index (χ1v) is 8.83. The molecule has 0 aromatic heterocycles. The molecule has 1 aliphatic rings. The molecule has 0 unspecified atom stereocenters. The van der Waals surface area contributed by atoms with Crippen molar-refractivity contribution >= 4 is 16.6 Å². The minimum atomic E-state index is 0. The molecule has 1 saturated carbocycles. The highest BCUT2D eigenvalue weighted by atomic mass is 16.1. The number of Topliss-reactive ketones (excluding diaryl/α,β-unsaturated/α-hetero) is 1. The van der Waals surface area contributed by atoms with E-state index in [9.17, 15) is 4.79 Å². The van der Waals surface area contributed by atoms with Gasteiger partial charge in [-0.2, -0.15) is 0 Å². The number of hydrogen-bond acceptors (Lipinski definition) is 1. The average Bonchev–Trinajstić information content (AvgIpc) is 3.41. The number of fused-ring (bicyclic) bond motifs is 1. The van der Waals surface area contributed by atoms with Crippen LogP contribution in [-0.2, 0) is 11.8 Å². The Balaban J connectivity index is 0.00000182. The van der Waals surface area contributed by atoms with E-state index in [1.807, 2.05) is 18.2 Å². The minimum Gasteiger partial charge on any atom is -0.294 e. The molecule has 3 aromatic carbocycles. The molecule has 0 N–H and O–H groups in total. The van der Waals surface area contributed by atoms with Gasteiger partial charge in [0.2, 0.25) is 0 Å². The van der Waals surface area contributed by atoms with Gasteiger partial charge in [-0.3, -0.25) is 4.79 Å². The van der Waals surface area contributed by atoms with Gasteiger partial charge in [0, 0.05) is 18.8 Å². The van der Waals surface area contributed by atoms with E-state index >= 15 is 0 Å². The van der Waals surface area contributed by atoms with Crippen molar-refractivity contribution in [3.63, 3.8) is 0 Å². The van der Waals surface area contributed by atoms with Gasteiger partial charge in [-0.05, 0) is 41.2 Å². The van der Waals surface area contributed by atoms with Gasteiger partial charge >= 0.3 is 0 Å². The molecule has 3 aromatic rings. The van der Waals surface area contributed by atoms with Crippen LogP contribution in [0, 0.1) is 0 Å². The van der Waals surface area contributed by atoms with Crippen molar-refractivity contribution in [2.45, 2.75) is 38.0 Å². The van der Waals surface area contributed by atoms with E-state index in [1.54, 1.807) is 0 Å². The zero-order valence-corrected chi connectivity index (χ0v) is 14.1. The number of rotatable bonds is 5. The Hall–Kier alpha value is -2.41. The third kappa shape index (κ3) is 2.54. The van der Waals surface area contributed by atoms with Crippen molar-refractivity contribution in [2.24, 2.45) is 0 Å². The monoisotopic (exact) mass is 316 g/mol. The largest absolute Gasteiger partial charge is 0.294 e. The molecule has 0 saturated heterocycles. The quantitative estimate of drug-likeness (QED) is 0.531. The number of ketones is 1. The Morgan fingerprint density at radius 2 is 1.67 bits per heavy atom. The van der Waals surface area contributed by atoms with Crippen LogP contribution in [0.3, 0.4) is 0 Å². The molecule has 0 atom stereocenters. The van der Waals surface area contributed by atoms with Crippen molar-refractivity contribution in [3.8, 4) is 0 Å². The first kappa shape index (κ1) is 15.1. The normalized spacial score (nSPS) is 15.4. The van der Waals surface area contributed by atoms with E-state index in [0.717, 1.165) is 30.4 Å². The van der Waals surface area contributed by atoms with Crippen LogP contribution in [0.5, 0.6) is 0 Å². The Bertz CT molecular complexity index is 903. The standard InChI is InChI=1S/C23H22O.H2/c1-2-17-8-3-6-12-20(17)22(24)16-23(14-15-23)21-13-7-10-18-9-4-5-11-19(18)21;/h3-13H,2,14-16H2,1H3;1H. The van der Waals surface area contributed by atoms with Crippen LogP contribution in [0.25, 0.3) is 10.8 Å². The minimum absolute atomic E-state index is 0. The Morgan fingerprint density at radius 1 is 0.958 bits per heavy atom. The number of carbonyl (C=O) groups excluding carboxylic acids is 1. The molecule has 1 fully saturated rings. The SMILES string of the molecule is CCc1ccccc1C(=O)CC1(c2cccc3ccccc23)CC1.[HH]. The van der Waals surface area contributed by atoms with Crippen molar-refractivity contribution in [1.29, 1.82) is 0 Å². The maximum Gasteiger partial charge on any atom is 0.164 e. The smallest absolute Gasteiger partial charge is 0.164 e. The zero-order valence-electron chi connectivity index (χ0n) is 14.1. The zero-order chi connectivity index (χ0) is 16.6. The molecule has 1 nitrogen and oxygen atoms in total. The molecular weight excluding hydrogens is 292 g/mol. The Morgan fingerprint density at radius 3 is 2.46 bits per heavy atom. The lowest BCUT2D eigenvalue weighted by Gasteiger charge is -2.18. The summed E-state index contributed by atoms with van der Waals surface area (Å²) in [7, 11) is 0. The summed E-state index contributed by atoms with van der Waals surface area (Å²) in [6.07, 6.45) is 3.75. The molecule has 0 aliphatic heterocycles. The van der Waals surface area contributed by atoms with E-state index in [-0.39, 0.29) is 12.6 Å². The van der Waals surface area contributed by atoms with E-state index in [2.05, 4.69) is 55.5 Å². The van der Waals surface area contributed by atoms with Gasteiger partial charge in [0.15, 0.2) is 5.78 Å². The van der Waals surface area contributed by atoms with E-state index < -0.39 is 0 Å². The third-order valence-corrected chi connectivity index (χ3v) is 5.41. The van der Waals surface area contributed by atoms with Crippen LogP contribution in [-0.4, -0.2) is 5.78 Å². The topological polar surface area (TPSA) is 17.1 Å². The Labute approximate surface area is 144 Å². The summed E-state index contributed by atoms with van der Waals surface area (Å²) in [5.41, 5.74) is 3.46. The number of benzene rings is 3. The summed E-state index contributed by atoms with van der Waals surface area (Å²) < 4.78 is 0. The molecule has 0 radical (unpaired) electrons. The summed E-state index contributed by atoms with van der Waals surface area (Å²) in [4.78, 5) is 13.0. The fourth-order valence-corrected chi connectivity index (χ4v) is 3.88. The molecule has 24 heavy (non-hydrogen) atoms. The molecule has 0 spiro atoms. The number of carbonyl (C=O) groups is 1. The Kier molecular flexibility index (Phi) is 3.72. The van der Waals surface area contributed by atoms with Gasteiger partial charge in [0.25, 0.3) is 0 Å². The second kappa shape index (κ2) is 5.90. The molecule has 122 valence electrons. The molecule has 0 amide bonds. The van der Waals surface area contributed by atoms with E-state index in [1.165, 1.54) is 16.3 Å². The van der Waals surface area contributed by atoms with Gasteiger partial charge in [0.05, 0.1) is 0 Å². The lowest BCUT2D eigenvalue weighted by Crippen LogP contribution is -2.15. The summed E-state index contributed by atoms with van der Waals surface area (Å²) >= 11 is 0. The van der Waals surface area contributed by atoms with Gasteiger partial charge in [-0.25, -0.2) is 0 Å². The van der Waals surface area contributed by atoms with Crippen LogP contribution in [0.15, 0.2) is 66.7 Å². The fourth-order valence-electron chi connectivity index (χ4n) is 3.88.